The van der Waals surface area contributed by atoms with E-state index in [0.29, 0.717) is 16.5 Å². The first kappa shape index (κ1) is 22.8. The number of anilines is 1. The number of nitrogens with one attached hydrogen (secondary N) is 1. The van der Waals surface area contributed by atoms with Gasteiger partial charge in [0.05, 0.1) is 16.5 Å². The molecule has 0 saturated heterocycles. The molecule has 35 heavy (non-hydrogen) atoms. The zero-order valence-corrected chi connectivity index (χ0v) is 19.3. The third-order valence-electron chi connectivity index (χ3n) is 6.56. The van der Waals surface area contributed by atoms with Crippen molar-refractivity contribution in [1.29, 1.82) is 0 Å². The highest BCUT2D eigenvalue weighted by molar-refractivity contribution is 6.30. The standard InChI is InChI=1S/C27H21ClN2O5/c28-19-9-4-17(5-10-19)26-22-3-1-2-21(22)23-14-18(8-13-24(23)29-26)27(32)35-15-25(31)16-6-11-20(12-7-16)30(33)34/h1-2,4-14,21-22,26,29H,3,15H2/t21-,22-,26+/m0/s1. The van der Waals surface area contributed by atoms with E-state index in [1.165, 1.54) is 24.3 Å². The highest BCUT2D eigenvalue weighted by atomic mass is 35.5. The molecule has 8 heteroatoms. The van der Waals surface area contributed by atoms with Gasteiger partial charge in [0, 0.05) is 34.3 Å². The SMILES string of the molecule is O=C(COC(=O)c1ccc2c(c1)[C@H]1C=CC[C@@H]1[C@@H](c1ccc(Cl)cc1)N2)c1ccc([N+](=O)[O-])cc1. The number of non-ortho nitro benzene ring substituents is 1. The fourth-order valence-electron chi connectivity index (χ4n) is 4.79. The molecule has 5 rings (SSSR count). The van der Waals surface area contributed by atoms with Crippen molar-refractivity contribution in [2.75, 3.05) is 11.9 Å². The molecule has 0 amide bonds. The van der Waals surface area contributed by atoms with Gasteiger partial charge in [-0.2, -0.15) is 0 Å². The minimum absolute atomic E-state index is 0.112. The van der Waals surface area contributed by atoms with Crippen molar-refractivity contribution >= 4 is 34.7 Å². The van der Waals surface area contributed by atoms with Gasteiger partial charge in [-0.1, -0.05) is 35.9 Å². The second-order valence-corrected chi connectivity index (χ2v) is 9.07. The number of allylic oxidation sites excluding steroid dienone is 2. The number of carbonyl (C=O) groups excluding carboxylic acids is 2. The number of nitrogens with zero attached hydrogens (tertiary/aromatic N) is 1. The molecule has 1 aliphatic carbocycles. The molecule has 3 atom stereocenters. The fourth-order valence-corrected chi connectivity index (χ4v) is 4.91. The minimum Gasteiger partial charge on any atom is -0.454 e. The van der Waals surface area contributed by atoms with E-state index in [2.05, 4.69) is 17.5 Å². The maximum absolute atomic E-state index is 12.7. The summed E-state index contributed by atoms with van der Waals surface area (Å²) in [6.07, 6.45) is 5.27. The van der Waals surface area contributed by atoms with Gasteiger partial charge in [-0.25, -0.2) is 4.79 Å². The number of fused-ring (bicyclic) bond motifs is 3. The number of ketones is 1. The normalized spacial score (nSPS) is 19.9. The van der Waals surface area contributed by atoms with Crippen LogP contribution < -0.4 is 5.32 Å². The number of carbonyl (C=O) groups is 2. The molecular formula is C27H21ClN2O5. The van der Waals surface area contributed by atoms with Gasteiger partial charge in [-0.15, -0.1) is 0 Å². The fraction of sp³-hybridized carbons (Fsp3) is 0.185. The van der Waals surface area contributed by atoms with Crippen molar-refractivity contribution in [3.63, 3.8) is 0 Å². The molecule has 0 unspecified atom stereocenters. The monoisotopic (exact) mass is 488 g/mol. The Morgan fingerprint density at radius 1 is 1.03 bits per heavy atom. The largest absolute Gasteiger partial charge is 0.454 e. The molecule has 0 saturated carbocycles. The lowest BCUT2D eigenvalue weighted by atomic mass is 9.76. The zero-order valence-electron chi connectivity index (χ0n) is 18.5. The average molecular weight is 489 g/mol. The molecule has 1 N–H and O–H groups in total. The lowest BCUT2D eigenvalue weighted by Crippen LogP contribution is -2.29. The number of hydrogen-bond acceptors (Lipinski definition) is 6. The summed E-state index contributed by atoms with van der Waals surface area (Å²) in [5.74, 6) is -0.570. The van der Waals surface area contributed by atoms with Crippen molar-refractivity contribution in [2.45, 2.75) is 18.4 Å². The van der Waals surface area contributed by atoms with Gasteiger partial charge in [0.25, 0.3) is 5.69 Å². The van der Waals surface area contributed by atoms with Crippen LogP contribution in [-0.2, 0) is 4.74 Å². The highest BCUT2D eigenvalue weighted by Crippen LogP contribution is 2.50. The Morgan fingerprint density at radius 2 is 1.74 bits per heavy atom. The Morgan fingerprint density at radius 3 is 2.46 bits per heavy atom. The van der Waals surface area contributed by atoms with Crippen LogP contribution in [-0.4, -0.2) is 23.3 Å². The summed E-state index contributed by atoms with van der Waals surface area (Å²) in [6.45, 7) is -0.448. The van der Waals surface area contributed by atoms with Gasteiger partial charge in [0.15, 0.2) is 12.4 Å². The molecule has 1 aliphatic heterocycles. The van der Waals surface area contributed by atoms with E-state index >= 15 is 0 Å². The summed E-state index contributed by atoms with van der Waals surface area (Å²) >= 11 is 6.07. The van der Waals surface area contributed by atoms with Gasteiger partial charge in [-0.3, -0.25) is 14.9 Å². The molecule has 0 aromatic heterocycles. The maximum Gasteiger partial charge on any atom is 0.338 e. The number of halogens is 1. The molecule has 1 heterocycles. The van der Waals surface area contributed by atoms with Crippen LogP contribution >= 0.6 is 11.6 Å². The van der Waals surface area contributed by atoms with Crippen molar-refractivity contribution < 1.29 is 19.2 Å². The minimum atomic E-state index is -0.596. The van der Waals surface area contributed by atoms with Crippen LogP contribution in [0.4, 0.5) is 11.4 Å². The van der Waals surface area contributed by atoms with Crippen molar-refractivity contribution in [3.05, 3.63) is 116 Å². The summed E-state index contributed by atoms with van der Waals surface area (Å²) in [5.41, 5.74) is 3.63. The number of ether oxygens (including phenoxy) is 1. The van der Waals surface area contributed by atoms with Crippen molar-refractivity contribution in [2.24, 2.45) is 5.92 Å². The van der Waals surface area contributed by atoms with Gasteiger partial charge in [0.1, 0.15) is 0 Å². The van der Waals surface area contributed by atoms with Crippen LogP contribution in [0.15, 0.2) is 78.9 Å². The number of rotatable bonds is 6. The van der Waals surface area contributed by atoms with Crippen LogP contribution in [0, 0.1) is 16.0 Å². The number of hydrogen-bond donors (Lipinski definition) is 1. The number of Topliss-reactive ketones (excluding diaryl/α,β-unsaturated/α-hetero) is 1. The van der Waals surface area contributed by atoms with E-state index in [4.69, 9.17) is 16.3 Å². The van der Waals surface area contributed by atoms with Crippen LogP contribution in [0.5, 0.6) is 0 Å². The van der Waals surface area contributed by atoms with E-state index in [1.54, 1.807) is 6.07 Å². The van der Waals surface area contributed by atoms with Crippen LogP contribution in [0.2, 0.25) is 5.02 Å². The summed E-state index contributed by atoms with van der Waals surface area (Å²) < 4.78 is 5.25. The van der Waals surface area contributed by atoms with Gasteiger partial charge >= 0.3 is 5.97 Å². The molecule has 3 aromatic carbocycles. The highest BCUT2D eigenvalue weighted by Gasteiger charge is 2.38. The summed E-state index contributed by atoms with van der Waals surface area (Å²) in [5, 5.41) is 15.1. The van der Waals surface area contributed by atoms with E-state index in [0.717, 1.165) is 23.2 Å². The maximum atomic E-state index is 12.7. The van der Waals surface area contributed by atoms with E-state index < -0.39 is 23.3 Å². The number of esters is 1. The van der Waals surface area contributed by atoms with Gasteiger partial charge in [-0.05, 0) is 65.9 Å². The summed E-state index contributed by atoms with van der Waals surface area (Å²) in [6, 6.07) is 18.5. The first-order valence-electron chi connectivity index (χ1n) is 11.2. The van der Waals surface area contributed by atoms with Crippen molar-refractivity contribution in [3.8, 4) is 0 Å². The average Bonchev–Trinajstić information content (AvgIpc) is 3.37. The van der Waals surface area contributed by atoms with Gasteiger partial charge in [0.2, 0.25) is 0 Å². The smallest absolute Gasteiger partial charge is 0.338 e. The Bertz CT molecular complexity index is 1330. The number of nitro groups is 1. The lowest BCUT2D eigenvalue weighted by Gasteiger charge is -2.37. The molecule has 0 spiro atoms. The Labute approximate surface area is 206 Å². The molecule has 2 aliphatic rings. The van der Waals surface area contributed by atoms with E-state index in [1.807, 2.05) is 36.4 Å². The van der Waals surface area contributed by atoms with Gasteiger partial charge < -0.3 is 10.1 Å². The molecule has 176 valence electrons. The molecular weight excluding hydrogens is 468 g/mol. The predicted octanol–water partition coefficient (Wildman–Crippen LogP) is 6.11. The summed E-state index contributed by atoms with van der Waals surface area (Å²) in [7, 11) is 0. The first-order valence-corrected chi connectivity index (χ1v) is 11.6. The van der Waals surface area contributed by atoms with Crippen molar-refractivity contribution in [1.82, 2.24) is 0 Å². The van der Waals surface area contributed by atoms with Crippen LogP contribution in [0.1, 0.15) is 50.2 Å². The molecule has 0 bridgehead atoms. The first-order chi connectivity index (χ1) is 16.9. The predicted molar refractivity (Wildman–Crippen MR) is 132 cm³/mol. The van der Waals surface area contributed by atoms with Crippen LogP contribution in [0.25, 0.3) is 0 Å². The second kappa shape index (κ2) is 9.35. The lowest BCUT2D eigenvalue weighted by molar-refractivity contribution is -0.384. The number of benzene rings is 3. The third-order valence-corrected chi connectivity index (χ3v) is 6.81. The summed E-state index contributed by atoms with van der Waals surface area (Å²) in [4.78, 5) is 35.3. The number of nitro benzene ring substituents is 1. The molecule has 3 aromatic rings. The molecule has 7 nitrogen and oxygen atoms in total. The topological polar surface area (TPSA) is 98.5 Å². The van der Waals surface area contributed by atoms with E-state index in [9.17, 15) is 19.7 Å². The molecule has 0 fully saturated rings. The Kier molecular flexibility index (Phi) is 6.09. The Balaban J connectivity index is 1.30. The zero-order chi connectivity index (χ0) is 24.5. The van der Waals surface area contributed by atoms with E-state index in [-0.39, 0.29) is 23.2 Å². The molecule has 0 radical (unpaired) electrons. The Hall–Kier alpha value is -3.97. The quantitative estimate of drug-likeness (QED) is 0.148. The van der Waals surface area contributed by atoms with Crippen LogP contribution in [0.3, 0.4) is 0 Å². The third kappa shape index (κ3) is 4.55. The second-order valence-electron chi connectivity index (χ2n) is 8.63.